The molecule has 0 spiro atoms. The van der Waals surface area contributed by atoms with E-state index < -0.39 is 35.7 Å². The first-order valence-electron chi connectivity index (χ1n) is 11.9. The number of hydrogen-bond acceptors (Lipinski definition) is 6. The minimum atomic E-state index is -3.24. The molecule has 1 saturated heterocycles. The summed E-state index contributed by atoms with van der Waals surface area (Å²) in [6.45, 7) is 6.05. The third-order valence-corrected chi connectivity index (χ3v) is 6.11. The van der Waals surface area contributed by atoms with Crippen molar-refractivity contribution >= 4 is 17.7 Å². The van der Waals surface area contributed by atoms with E-state index in [1.807, 2.05) is 29.6 Å². The summed E-state index contributed by atoms with van der Waals surface area (Å²) in [4.78, 5) is 38.6. The Balaban J connectivity index is 1.67. The molecule has 202 valence electrons. The van der Waals surface area contributed by atoms with E-state index in [0.717, 1.165) is 52.3 Å². The zero-order valence-electron chi connectivity index (χ0n) is 21.1. The Bertz CT molecular complexity index is 1190. The van der Waals surface area contributed by atoms with Crippen LogP contribution in [0.15, 0.2) is 48.5 Å². The normalized spacial score (nSPS) is 15.9. The van der Waals surface area contributed by atoms with Gasteiger partial charge in [-0.3, -0.25) is 24.5 Å². The van der Waals surface area contributed by atoms with Crippen LogP contribution >= 0.6 is 0 Å². The van der Waals surface area contributed by atoms with Crippen LogP contribution in [-0.4, -0.2) is 72.1 Å². The number of alkyl halides is 2. The van der Waals surface area contributed by atoms with Gasteiger partial charge in [0.05, 0.1) is 13.2 Å². The summed E-state index contributed by atoms with van der Waals surface area (Å²) in [5, 5.41) is 13.2. The lowest BCUT2D eigenvalue weighted by atomic mass is 9.91. The maximum atomic E-state index is 13.8. The van der Waals surface area contributed by atoms with Crippen LogP contribution in [0, 0.1) is 11.8 Å². The molecule has 2 aromatic rings. The second-order valence-electron chi connectivity index (χ2n) is 9.06. The van der Waals surface area contributed by atoms with Crippen molar-refractivity contribution in [1.29, 1.82) is 0 Å². The van der Waals surface area contributed by atoms with Crippen molar-refractivity contribution in [3.8, 4) is 11.8 Å². The van der Waals surface area contributed by atoms with Crippen molar-refractivity contribution in [3.63, 3.8) is 0 Å². The maximum Gasteiger partial charge on any atom is 0.268 e. The molecule has 0 radical (unpaired) electrons. The molecule has 1 heterocycles. The number of ether oxygens (including phenoxy) is 1. The fourth-order valence-electron chi connectivity index (χ4n) is 3.96. The third kappa shape index (κ3) is 7.58. The molecule has 1 unspecified atom stereocenters. The smallest absolute Gasteiger partial charge is 0.268 e. The summed E-state index contributed by atoms with van der Waals surface area (Å²) in [5.41, 5.74) is 1.46. The van der Waals surface area contributed by atoms with Crippen LogP contribution in [0.2, 0.25) is 0 Å². The molecule has 38 heavy (non-hydrogen) atoms. The number of rotatable bonds is 8. The predicted molar refractivity (Wildman–Crippen MR) is 134 cm³/mol. The van der Waals surface area contributed by atoms with Crippen LogP contribution in [-0.2, 0) is 20.9 Å². The van der Waals surface area contributed by atoms with E-state index >= 15 is 0 Å². The molecule has 0 aliphatic carbocycles. The second kappa shape index (κ2) is 13.1. The molecular weight excluding hydrogens is 498 g/mol. The van der Waals surface area contributed by atoms with Crippen LogP contribution in [0.5, 0.6) is 0 Å². The first kappa shape index (κ1) is 28.7. The van der Waals surface area contributed by atoms with E-state index in [1.165, 1.54) is 23.2 Å². The summed E-state index contributed by atoms with van der Waals surface area (Å²) >= 11 is 0. The number of hydroxylamine groups is 1. The standard InChI is InChI=1S/C27H30F2N4O5/c1-18(34)31-27(2,26(28)29)23(25(36)32-37)30-24(35)22-11-9-20(10-12-22)4-3-19-5-7-21(8-6-19)17-33-13-15-38-16-14-33/h5-12,23,26,37H,13-17H2,1-2H3,(H,30,35)(H,31,34)(H,32,36)/t23-,27?/m1/s1. The SMILES string of the molecule is CC(=O)NC(C)(C(F)F)[C@H](NC(=O)c1ccc(C#Cc2ccc(CN3CCOCC3)cc2)cc1)C(=O)NO. The van der Waals surface area contributed by atoms with Crippen LogP contribution in [0.1, 0.15) is 40.9 Å². The van der Waals surface area contributed by atoms with E-state index in [-0.39, 0.29) is 5.56 Å². The Morgan fingerprint density at radius 2 is 1.58 bits per heavy atom. The summed E-state index contributed by atoms with van der Waals surface area (Å²) in [6.07, 6.45) is -3.24. The van der Waals surface area contributed by atoms with E-state index in [2.05, 4.69) is 22.1 Å². The summed E-state index contributed by atoms with van der Waals surface area (Å²) in [7, 11) is 0. The fraction of sp³-hybridized carbons (Fsp3) is 0.370. The molecule has 0 bridgehead atoms. The zero-order chi connectivity index (χ0) is 27.7. The van der Waals surface area contributed by atoms with Crippen molar-refractivity contribution in [3.05, 3.63) is 70.8 Å². The molecule has 1 aliphatic rings. The monoisotopic (exact) mass is 528 g/mol. The Hall–Kier alpha value is -3.85. The van der Waals surface area contributed by atoms with Crippen LogP contribution in [0.25, 0.3) is 0 Å². The topological polar surface area (TPSA) is 120 Å². The van der Waals surface area contributed by atoms with Gasteiger partial charge >= 0.3 is 0 Å². The number of carbonyl (C=O) groups is 3. The van der Waals surface area contributed by atoms with Gasteiger partial charge in [0, 0.05) is 43.2 Å². The van der Waals surface area contributed by atoms with E-state index in [4.69, 9.17) is 9.94 Å². The molecule has 0 aromatic heterocycles. The predicted octanol–water partition coefficient (Wildman–Crippen LogP) is 1.68. The number of nitrogens with zero attached hydrogens (tertiary/aromatic N) is 1. The lowest BCUT2D eigenvalue weighted by Crippen LogP contribution is -2.68. The molecule has 11 heteroatoms. The van der Waals surface area contributed by atoms with Gasteiger partial charge < -0.3 is 15.4 Å². The quantitative estimate of drug-likeness (QED) is 0.235. The van der Waals surface area contributed by atoms with Crippen LogP contribution in [0.3, 0.4) is 0 Å². The first-order valence-corrected chi connectivity index (χ1v) is 11.9. The highest BCUT2D eigenvalue weighted by Gasteiger charge is 2.48. The van der Waals surface area contributed by atoms with Crippen LogP contribution in [0.4, 0.5) is 8.78 Å². The van der Waals surface area contributed by atoms with Gasteiger partial charge in [0.15, 0.2) is 0 Å². The number of halogens is 2. The number of nitrogens with one attached hydrogen (secondary N) is 3. The van der Waals surface area contributed by atoms with Gasteiger partial charge in [-0.15, -0.1) is 0 Å². The number of hydrogen-bond donors (Lipinski definition) is 4. The lowest BCUT2D eigenvalue weighted by Gasteiger charge is -2.36. The highest BCUT2D eigenvalue weighted by Crippen LogP contribution is 2.21. The fourth-order valence-corrected chi connectivity index (χ4v) is 3.96. The first-order chi connectivity index (χ1) is 18.1. The molecule has 4 N–H and O–H groups in total. The molecule has 3 rings (SSSR count). The Kier molecular flexibility index (Phi) is 9.90. The summed E-state index contributed by atoms with van der Waals surface area (Å²) < 4.78 is 33.0. The van der Waals surface area contributed by atoms with Gasteiger partial charge in [-0.05, 0) is 48.9 Å². The second-order valence-corrected chi connectivity index (χ2v) is 9.06. The maximum absolute atomic E-state index is 13.8. The minimum Gasteiger partial charge on any atom is -0.379 e. The third-order valence-electron chi connectivity index (χ3n) is 6.11. The van der Waals surface area contributed by atoms with Gasteiger partial charge in [-0.25, -0.2) is 14.3 Å². The molecule has 3 amide bonds. The summed E-state index contributed by atoms with van der Waals surface area (Å²) in [6, 6.07) is 12.0. The molecule has 0 saturated carbocycles. The number of morpholine rings is 1. The van der Waals surface area contributed by atoms with Gasteiger partial charge in [0.1, 0.15) is 11.6 Å². The molecule has 2 atom stereocenters. The Morgan fingerprint density at radius 1 is 1.03 bits per heavy atom. The number of amides is 3. The van der Waals surface area contributed by atoms with E-state index in [9.17, 15) is 23.2 Å². The highest BCUT2D eigenvalue weighted by atomic mass is 19.3. The lowest BCUT2D eigenvalue weighted by molar-refractivity contribution is -0.137. The molecular formula is C27H30F2N4O5. The molecule has 9 nitrogen and oxygen atoms in total. The largest absolute Gasteiger partial charge is 0.379 e. The minimum absolute atomic E-state index is 0.0678. The zero-order valence-corrected chi connectivity index (χ0v) is 21.1. The van der Waals surface area contributed by atoms with Gasteiger partial charge in [0.25, 0.3) is 18.2 Å². The average molecular weight is 529 g/mol. The van der Waals surface area contributed by atoms with E-state index in [0.29, 0.717) is 5.56 Å². The summed E-state index contributed by atoms with van der Waals surface area (Å²) in [5.74, 6) is 3.05. The Labute approximate surface area is 219 Å². The van der Waals surface area contributed by atoms with E-state index in [1.54, 1.807) is 12.1 Å². The molecule has 2 aromatic carbocycles. The molecule has 1 fully saturated rings. The van der Waals surface area contributed by atoms with Crippen molar-refractivity contribution in [1.82, 2.24) is 21.0 Å². The van der Waals surface area contributed by atoms with Gasteiger partial charge in [-0.1, -0.05) is 24.0 Å². The van der Waals surface area contributed by atoms with Crippen molar-refractivity contribution in [2.45, 2.75) is 38.4 Å². The van der Waals surface area contributed by atoms with Crippen LogP contribution < -0.4 is 16.1 Å². The van der Waals surface area contributed by atoms with Gasteiger partial charge in [0.2, 0.25) is 5.91 Å². The van der Waals surface area contributed by atoms with Crippen molar-refractivity contribution in [2.75, 3.05) is 26.3 Å². The average Bonchev–Trinajstić information content (AvgIpc) is 2.91. The Morgan fingerprint density at radius 3 is 2.08 bits per heavy atom. The molecule has 1 aliphatic heterocycles. The van der Waals surface area contributed by atoms with Gasteiger partial charge in [-0.2, -0.15) is 0 Å². The highest BCUT2D eigenvalue weighted by molar-refractivity contribution is 5.98. The number of benzene rings is 2. The number of carbonyl (C=O) groups excluding carboxylic acids is 3. The van der Waals surface area contributed by atoms with Crippen molar-refractivity contribution in [2.24, 2.45) is 0 Å². The van der Waals surface area contributed by atoms with Crippen molar-refractivity contribution < 1.29 is 33.1 Å².